The maximum atomic E-state index is 5.70. The lowest BCUT2D eigenvalue weighted by molar-refractivity contribution is 0.117. The van der Waals surface area contributed by atoms with Crippen LogP contribution >= 0.6 is 35.3 Å². The number of hydrogen-bond donors (Lipinski definition) is 2. The zero-order valence-electron chi connectivity index (χ0n) is 16.5. The number of aromatic nitrogens is 1. The van der Waals surface area contributed by atoms with Gasteiger partial charge in [0.25, 0.3) is 0 Å². The Hall–Kier alpha value is -1.19. The van der Waals surface area contributed by atoms with Gasteiger partial charge in [-0.05, 0) is 32.3 Å². The molecule has 0 aliphatic rings. The Morgan fingerprint density at radius 3 is 2.52 bits per heavy atom. The Labute approximate surface area is 184 Å². The molecule has 0 aliphatic heterocycles. The van der Waals surface area contributed by atoms with Crippen LogP contribution in [0.5, 0.6) is 0 Å². The lowest BCUT2D eigenvalue weighted by Gasteiger charge is -2.11. The zero-order valence-corrected chi connectivity index (χ0v) is 19.6. The second-order valence-electron chi connectivity index (χ2n) is 6.17. The minimum absolute atomic E-state index is 0. The van der Waals surface area contributed by atoms with E-state index in [1.54, 1.807) is 18.4 Å². The maximum Gasteiger partial charge on any atom is 0.190 e. The Kier molecular flexibility index (Phi) is 12.3. The molecule has 0 amide bonds. The quantitative estimate of drug-likeness (QED) is 0.223. The SMILES string of the molecule is CN=C(NCCCCOCc1ccccc1)NCCc1nc(C)c(C)s1.I. The Morgan fingerprint density at radius 1 is 1.11 bits per heavy atom. The number of thiazole rings is 1. The number of halogens is 1. The van der Waals surface area contributed by atoms with E-state index in [2.05, 4.69) is 46.6 Å². The summed E-state index contributed by atoms with van der Waals surface area (Å²) in [7, 11) is 1.80. The molecule has 0 spiro atoms. The molecule has 150 valence electrons. The van der Waals surface area contributed by atoms with Crippen LogP contribution < -0.4 is 10.6 Å². The fraction of sp³-hybridized carbons (Fsp3) is 0.500. The summed E-state index contributed by atoms with van der Waals surface area (Å²) in [5.41, 5.74) is 2.36. The normalized spacial score (nSPS) is 11.1. The molecule has 0 fully saturated rings. The fourth-order valence-corrected chi connectivity index (χ4v) is 3.39. The first kappa shape index (κ1) is 23.8. The molecule has 0 atom stereocenters. The van der Waals surface area contributed by atoms with Crippen molar-refractivity contribution in [3.8, 4) is 0 Å². The van der Waals surface area contributed by atoms with Gasteiger partial charge in [-0.25, -0.2) is 4.98 Å². The monoisotopic (exact) mass is 502 g/mol. The van der Waals surface area contributed by atoms with E-state index in [-0.39, 0.29) is 24.0 Å². The molecule has 1 aromatic carbocycles. The molecular formula is C20H31IN4OS. The predicted molar refractivity (Wildman–Crippen MR) is 125 cm³/mol. The van der Waals surface area contributed by atoms with Gasteiger partial charge in [0.15, 0.2) is 5.96 Å². The molecule has 0 bridgehead atoms. The highest BCUT2D eigenvalue weighted by Gasteiger charge is 2.04. The molecule has 2 aromatic rings. The Balaban J connectivity index is 0.00000364. The first-order chi connectivity index (χ1) is 12.7. The highest BCUT2D eigenvalue weighted by molar-refractivity contribution is 14.0. The smallest absolute Gasteiger partial charge is 0.190 e. The number of hydrogen-bond acceptors (Lipinski definition) is 4. The van der Waals surface area contributed by atoms with Gasteiger partial charge in [-0.1, -0.05) is 30.3 Å². The van der Waals surface area contributed by atoms with Crippen LogP contribution in [0, 0.1) is 13.8 Å². The van der Waals surface area contributed by atoms with Crippen molar-refractivity contribution in [2.24, 2.45) is 4.99 Å². The van der Waals surface area contributed by atoms with E-state index in [0.717, 1.165) is 50.6 Å². The second kappa shape index (κ2) is 13.9. The first-order valence-corrected chi connectivity index (χ1v) is 10.00. The van der Waals surface area contributed by atoms with Gasteiger partial charge in [-0.2, -0.15) is 0 Å². The summed E-state index contributed by atoms with van der Waals surface area (Å²) in [5, 5.41) is 7.87. The average molecular weight is 502 g/mol. The van der Waals surface area contributed by atoms with E-state index in [0.29, 0.717) is 6.61 Å². The minimum atomic E-state index is 0. The maximum absolute atomic E-state index is 5.70. The van der Waals surface area contributed by atoms with E-state index in [1.165, 1.54) is 15.4 Å². The largest absolute Gasteiger partial charge is 0.377 e. The van der Waals surface area contributed by atoms with Gasteiger partial charge in [0, 0.05) is 38.0 Å². The van der Waals surface area contributed by atoms with E-state index in [9.17, 15) is 0 Å². The van der Waals surface area contributed by atoms with Crippen LogP contribution in [0.15, 0.2) is 35.3 Å². The molecule has 0 saturated heterocycles. The summed E-state index contributed by atoms with van der Waals surface area (Å²) in [4.78, 5) is 10.1. The van der Waals surface area contributed by atoms with Crippen LogP contribution in [0.1, 0.15) is 34.0 Å². The Morgan fingerprint density at radius 2 is 1.85 bits per heavy atom. The van der Waals surface area contributed by atoms with Crippen molar-refractivity contribution in [3.05, 3.63) is 51.5 Å². The van der Waals surface area contributed by atoms with Gasteiger partial charge in [0.1, 0.15) is 0 Å². The molecule has 27 heavy (non-hydrogen) atoms. The van der Waals surface area contributed by atoms with Crippen molar-refractivity contribution in [2.75, 3.05) is 26.7 Å². The molecule has 5 nitrogen and oxygen atoms in total. The van der Waals surface area contributed by atoms with Gasteiger partial charge < -0.3 is 15.4 Å². The zero-order chi connectivity index (χ0) is 18.6. The number of aryl methyl sites for hydroxylation is 2. The van der Waals surface area contributed by atoms with Gasteiger partial charge >= 0.3 is 0 Å². The highest BCUT2D eigenvalue weighted by Crippen LogP contribution is 2.16. The molecular weight excluding hydrogens is 471 g/mol. The number of rotatable bonds is 10. The van der Waals surface area contributed by atoms with Crippen molar-refractivity contribution in [3.63, 3.8) is 0 Å². The van der Waals surface area contributed by atoms with E-state index >= 15 is 0 Å². The third kappa shape index (κ3) is 9.53. The van der Waals surface area contributed by atoms with Crippen molar-refractivity contribution in [2.45, 2.75) is 39.7 Å². The summed E-state index contributed by atoms with van der Waals surface area (Å²) >= 11 is 1.78. The number of aliphatic imine (C=N–C) groups is 1. The molecule has 1 aromatic heterocycles. The van der Waals surface area contributed by atoms with Crippen LogP contribution in [0.25, 0.3) is 0 Å². The van der Waals surface area contributed by atoms with E-state index in [4.69, 9.17) is 4.74 Å². The molecule has 7 heteroatoms. The Bertz CT molecular complexity index is 656. The summed E-state index contributed by atoms with van der Waals surface area (Å²) in [5.74, 6) is 0.847. The summed E-state index contributed by atoms with van der Waals surface area (Å²) in [6.07, 6.45) is 3.02. The van der Waals surface area contributed by atoms with E-state index < -0.39 is 0 Å². The minimum Gasteiger partial charge on any atom is -0.377 e. The number of unbranched alkanes of at least 4 members (excludes halogenated alkanes) is 1. The molecule has 2 rings (SSSR count). The summed E-state index contributed by atoms with van der Waals surface area (Å²) in [6, 6.07) is 10.3. The van der Waals surface area contributed by atoms with Crippen LogP contribution in [-0.4, -0.2) is 37.7 Å². The molecule has 0 saturated carbocycles. The number of guanidine groups is 1. The van der Waals surface area contributed by atoms with Crippen molar-refractivity contribution in [1.82, 2.24) is 15.6 Å². The predicted octanol–water partition coefficient (Wildman–Crippen LogP) is 4.08. The van der Waals surface area contributed by atoms with Gasteiger partial charge in [0.05, 0.1) is 17.3 Å². The number of nitrogens with zero attached hydrogens (tertiary/aromatic N) is 2. The topological polar surface area (TPSA) is 58.5 Å². The van der Waals surface area contributed by atoms with Crippen molar-refractivity contribution < 1.29 is 4.74 Å². The van der Waals surface area contributed by atoms with Crippen LogP contribution in [0.3, 0.4) is 0 Å². The third-order valence-corrected chi connectivity index (χ3v) is 5.18. The van der Waals surface area contributed by atoms with Crippen molar-refractivity contribution >= 4 is 41.3 Å². The van der Waals surface area contributed by atoms with Crippen LogP contribution in [-0.2, 0) is 17.8 Å². The van der Waals surface area contributed by atoms with Gasteiger partial charge in [-0.15, -0.1) is 35.3 Å². The first-order valence-electron chi connectivity index (χ1n) is 9.18. The summed E-state index contributed by atoms with van der Waals surface area (Å²) < 4.78 is 5.70. The molecule has 2 N–H and O–H groups in total. The van der Waals surface area contributed by atoms with Crippen LogP contribution in [0.2, 0.25) is 0 Å². The molecule has 0 aliphatic carbocycles. The molecule has 0 radical (unpaired) electrons. The number of ether oxygens (including phenoxy) is 1. The van der Waals surface area contributed by atoms with Gasteiger partial charge in [0.2, 0.25) is 0 Å². The lowest BCUT2D eigenvalue weighted by Crippen LogP contribution is -2.38. The molecule has 1 heterocycles. The summed E-state index contributed by atoms with van der Waals surface area (Å²) in [6.45, 7) is 7.38. The fourth-order valence-electron chi connectivity index (χ4n) is 2.45. The lowest BCUT2D eigenvalue weighted by atomic mass is 10.2. The average Bonchev–Trinajstić information content (AvgIpc) is 2.98. The highest BCUT2D eigenvalue weighted by atomic mass is 127. The molecule has 0 unspecified atom stereocenters. The van der Waals surface area contributed by atoms with Crippen LogP contribution in [0.4, 0.5) is 0 Å². The number of nitrogens with one attached hydrogen (secondary N) is 2. The number of benzene rings is 1. The standard InChI is InChI=1S/C20H30N4OS.HI/c1-16-17(2)26-19(24-16)11-13-23-20(21-3)22-12-7-8-14-25-15-18-9-5-4-6-10-18;/h4-6,9-10H,7-8,11-15H2,1-3H3,(H2,21,22,23);1H. The third-order valence-electron chi connectivity index (χ3n) is 4.05. The van der Waals surface area contributed by atoms with Crippen molar-refractivity contribution in [1.29, 1.82) is 0 Å². The second-order valence-corrected chi connectivity index (χ2v) is 7.46. The van der Waals surface area contributed by atoms with Gasteiger partial charge in [-0.3, -0.25) is 4.99 Å². The van der Waals surface area contributed by atoms with E-state index in [1.807, 2.05) is 18.2 Å².